The van der Waals surface area contributed by atoms with Crippen LogP contribution in [0.15, 0.2) is 12.1 Å². The van der Waals surface area contributed by atoms with Gasteiger partial charge < -0.3 is 10.2 Å². The molecule has 0 spiro atoms. The highest BCUT2D eigenvalue weighted by atomic mass is 19.1. The first-order valence-electron chi connectivity index (χ1n) is 6.66. The number of aliphatic hydroxyl groups excluding tert-OH is 1. The molecule has 112 valence electrons. The Balaban J connectivity index is 3.09. The molecular formula is C15H22FNO3. The van der Waals surface area contributed by atoms with Gasteiger partial charge in [-0.25, -0.2) is 4.39 Å². The van der Waals surface area contributed by atoms with Crippen LogP contribution in [0, 0.1) is 5.82 Å². The number of ketones is 1. The van der Waals surface area contributed by atoms with Crippen molar-refractivity contribution in [1.29, 1.82) is 0 Å². The number of phenolic OH excluding ortho intramolecular Hbond substituents is 1. The number of phenols is 1. The van der Waals surface area contributed by atoms with Gasteiger partial charge in [-0.05, 0) is 39.8 Å². The Morgan fingerprint density at radius 1 is 1.35 bits per heavy atom. The van der Waals surface area contributed by atoms with Crippen molar-refractivity contribution in [3.05, 3.63) is 29.1 Å². The smallest absolute Gasteiger partial charge is 0.163 e. The van der Waals surface area contributed by atoms with Crippen molar-refractivity contribution >= 4 is 5.78 Å². The van der Waals surface area contributed by atoms with Crippen LogP contribution in [0.3, 0.4) is 0 Å². The third-order valence-corrected chi connectivity index (χ3v) is 3.14. The molecule has 5 heteroatoms. The predicted molar refractivity (Wildman–Crippen MR) is 75.3 cm³/mol. The summed E-state index contributed by atoms with van der Waals surface area (Å²) in [5.74, 6) is -1.12. The van der Waals surface area contributed by atoms with Gasteiger partial charge in [0.2, 0.25) is 0 Å². The third kappa shape index (κ3) is 4.28. The second-order valence-electron chi connectivity index (χ2n) is 5.39. The van der Waals surface area contributed by atoms with Gasteiger partial charge in [-0.15, -0.1) is 0 Å². The van der Waals surface area contributed by atoms with E-state index < -0.39 is 11.9 Å². The lowest BCUT2D eigenvalue weighted by atomic mass is 10.0. The van der Waals surface area contributed by atoms with E-state index in [2.05, 4.69) is 0 Å². The summed E-state index contributed by atoms with van der Waals surface area (Å²) in [4.78, 5) is 13.3. The standard InChI is InChI=1S/C15H22FNO3/c1-9(2)17(7-10(3)18)8-12-5-13(16)6-14(11(4)19)15(12)20/h5-6,9-10,18,20H,7-8H2,1-4H3. The molecule has 1 unspecified atom stereocenters. The fourth-order valence-corrected chi connectivity index (χ4v) is 2.06. The maximum atomic E-state index is 13.6. The Kier molecular flexibility index (Phi) is 5.65. The van der Waals surface area contributed by atoms with Crippen LogP contribution < -0.4 is 0 Å². The molecule has 0 heterocycles. The van der Waals surface area contributed by atoms with Crippen LogP contribution in [0.4, 0.5) is 4.39 Å². The average Bonchev–Trinajstić information content (AvgIpc) is 2.31. The number of nitrogens with zero attached hydrogens (tertiary/aromatic N) is 1. The van der Waals surface area contributed by atoms with E-state index in [1.165, 1.54) is 13.0 Å². The Hall–Kier alpha value is -1.46. The van der Waals surface area contributed by atoms with Gasteiger partial charge in [-0.2, -0.15) is 0 Å². The maximum Gasteiger partial charge on any atom is 0.163 e. The predicted octanol–water partition coefficient (Wildman–Crippen LogP) is 2.33. The van der Waals surface area contributed by atoms with Gasteiger partial charge in [0.05, 0.1) is 11.7 Å². The first-order valence-corrected chi connectivity index (χ1v) is 6.66. The molecule has 1 rings (SSSR count). The number of hydrogen-bond donors (Lipinski definition) is 2. The van der Waals surface area contributed by atoms with Gasteiger partial charge in [-0.3, -0.25) is 9.69 Å². The number of halogens is 1. The summed E-state index contributed by atoms with van der Waals surface area (Å²) >= 11 is 0. The lowest BCUT2D eigenvalue weighted by Gasteiger charge is -2.28. The van der Waals surface area contributed by atoms with Crippen LogP contribution in [0.1, 0.15) is 43.6 Å². The molecule has 0 saturated carbocycles. The van der Waals surface area contributed by atoms with Crippen molar-refractivity contribution in [2.24, 2.45) is 0 Å². The second kappa shape index (κ2) is 6.81. The largest absolute Gasteiger partial charge is 0.507 e. The number of carbonyl (C=O) groups excluding carboxylic acids is 1. The molecule has 0 aliphatic heterocycles. The fourth-order valence-electron chi connectivity index (χ4n) is 2.06. The molecule has 0 bridgehead atoms. The second-order valence-corrected chi connectivity index (χ2v) is 5.39. The molecule has 1 atom stereocenters. The van der Waals surface area contributed by atoms with Gasteiger partial charge >= 0.3 is 0 Å². The van der Waals surface area contributed by atoms with Crippen LogP contribution in [0.25, 0.3) is 0 Å². The zero-order valence-corrected chi connectivity index (χ0v) is 12.4. The van der Waals surface area contributed by atoms with E-state index >= 15 is 0 Å². The number of aliphatic hydroxyl groups is 1. The molecule has 1 aromatic rings. The average molecular weight is 283 g/mol. The molecule has 0 aromatic heterocycles. The molecule has 0 amide bonds. The topological polar surface area (TPSA) is 60.8 Å². The van der Waals surface area contributed by atoms with Gasteiger partial charge in [-0.1, -0.05) is 0 Å². The summed E-state index contributed by atoms with van der Waals surface area (Å²) in [6.07, 6.45) is -0.527. The quantitative estimate of drug-likeness (QED) is 0.787. The molecule has 0 aliphatic carbocycles. The Morgan fingerprint density at radius 2 is 1.95 bits per heavy atom. The summed E-state index contributed by atoms with van der Waals surface area (Å²) in [5.41, 5.74) is 0.338. The van der Waals surface area contributed by atoms with E-state index in [9.17, 15) is 19.4 Å². The minimum Gasteiger partial charge on any atom is -0.507 e. The lowest BCUT2D eigenvalue weighted by Crippen LogP contribution is -2.36. The minimum atomic E-state index is -0.552. The molecule has 0 fully saturated rings. The SMILES string of the molecule is CC(=O)c1cc(F)cc(CN(CC(C)O)C(C)C)c1O. The summed E-state index contributed by atoms with van der Waals surface area (Å²) in [6.45, 7) is 7.53. The molecule has 4 nitrogen and oxygen atoms in total. The normalized spacial score (nSPS) is 13.0. The Labute approximate surface area is 118 Å². The fraction of sp³-hybridized carbons (Fsp3) is 0.533. The van der Waals surface area contributed by atoms with Crippen molar-refractivity contribution in [3.63, 3.8) is 0 Å². The van der Waals surface area contributed by atoms with Crippen molar-refractivity contribution in [2.75, 3.05) is 6.54 Å². The van der Waals surface area contributed by atoms with Gasteiger partial charge in [0.1, 0.15) is 11.6 Å². The van der Waals surface area contributed by atoms with E-state index in [0.717, 1.165) is 6.07 Å². The van der Waals surface area contributed by atoms with Gasteiger partial charge in [0.25, 0.3) is 0 Å². The number of hydrogen-bond acceptors (Lipinski definition) is 4. The number of carbonyl (C=O) groups is 1. The van der Waals surface area contributed by atoms with E-state index in [-0.39, 0.29) is 29.7 Å². The van der Waals surface area contributed by atoms with E-state index in [1.54, 1.807) is 6.92 Å². The van der Waals surface area contributed by atoms with Crippen LogP contribution in [0.2, 0.25) is 0 Å². The number of Topliss-reactive ketones (excluding diaryl/α,β-unsaturated/α-hetero) is 1. The number of benzene rings is 1. The minimum absolute atomic E-state index is 0.0132. The highest BCUT2D eigenvalue weighted by Crippen LogP contribution is 2.26. The first kappa shape index (κ1) is 16.6. The molecular weight excluding hydrogens is 261 g/mol. The molecule has 0 saturated heterocycles. The number of aromatic hydroxyl groups is 1. The van der Waals surface area contributed by atoms with Crippen molar-refractivity contribution in [2.45, 2.75) is 46.4 Å². The Bertz CT molecular complexity index is 486. The molecule has 0 aliphatic rings. The van der Waals surface area contributed by atoms with E-state index in [0.29, 0.717) is 12.1 Å². The lowest BCUT2D eigenvalue weighted by molar-refractivity contribution is 0.0996. The zero-order chi connectivity index (χ0) is 15.4. The molecule has 1 aromatic carbocycles. The highest BCUT2D eigenvalue weighted by Gasteiger charge is 2.18. The monoisotopic (exact) mass is 283 g/mol. The van der Waals surface area contributed by atoms with Gasteiger partial charge in [0, 0.05) is 24.7 Å². The molecule has 0 radical (unpaired) electrons. The Morgan fingerprint density at radius 3 is 2.40 bits per heavy atom. The van der Waals surface area contributed by atoms with Crippen LogP contribution in [0.5, 0.6) is 5.75 Å². The third-order valence-electron chi connectivity index (χ3n) is 3.14. The molecule has 20 heavy (non-hydrogen) atoms. The van der Waals surface area contributed by atoms with Crippen molar-refractivity contribution < 1.29 is 19.4 Å². The number of rotatable bonds is 6. The summed E-state index contributed by atoms with van der Waals surface area (Å²) < 4.78 is 13.6. The van der Waals surface area contributed by atoms with E-state index in [4.69, 9.17) is 0 Å². The summed E-state index contributed by atoms with van der Waals surface area (Å²) in [7, 11) is 0. The maximum absolute atomic E-state index is 13.6. The van der Waals surface area contributed by atoms with Crippen molar-refractivity contribution in [1.82, 2.24) is 4.90 Å². The van der Waals surface area contributed by atoms with Crippen LogP contribution >= 0.6 is 0 Å². The zero-order valence-electron chi connectivity index (χ0n) is 12.4. The summed E-state index contributed by atoms with van der Waals surface area (Å²) in [6, 6.07) is 2.38. The first-order chi connectivity index (χ1) is 9.22. The summed E-state index contributed by atoms with van der Waals surface area (Å²) in [5, 5.41) is 19.6. The van der Waals surface area contributed by atoms with Crippen molar-refractivity contribution in [3.8, 4) is 5.75 Å². The van der Waals surface area contributed by atoms with E-state index in [1.807, 2.05) is 18.7 Å². The van der Waals surface area contributed by atoms with Crippen LogP contribution in [-0.2, 0) is 6.54 Å². The van der Waals surface area contributed by atoms with Gasteiger partial charge in [0.15, 0.2) is 5.78 Å². The van der Waals surface area contributed by atoms with Crippen LogP contribution in [-0.4, -0.2) is 39.6 Å². The highest BCUT2D eigenvalue weighted by molar-refractivity contribution is 5.97. The molecule has 2 N–H and O–H groups in total.